The number of hydrogen-bond donors (Lipinski definition) is 3. The highest BCUT2D eigenvalue weighted by Crippen LogP contribution is 2.16. The molecule has 0 aliphatic carbocycles. The number of benzene rings is 1. The lowest BCUT2D eigenvalue weighted by atomic mass is 10.1. The molecule has 0 saturated heterocycles. The number of methoxy groups -OCH3 is 1. The minimum atomic E-state index is -0.542. The lowest BCUT2D eigenvalue weighted by molar-refractivity contribution is -0.140. The van der Waals surface area contributed by atoms with Crippen molar-refractivity contribution in [2.45, 2.75) is 12.5 Å². The van der Waals surface area contributed by atoms with Gasteiger partial charge in [-0.05, 0) is 31.3 Å². The largest absolute Gasteiger partial charge is 0.469 e. The SMILES string of the molecule is CNC(C(=O)Nc1ccc(C(=O)NCCC(=O)OC)cc1)c1cnn(C)c1. The summed E-state index contributed by atoms with van der Waals surface area (Å²) in [5, 5.41) is 12.5. The van der Waals surface area contributed by atoms with Crippen LogP contribution in [-0.2, 0) is 21.4 Å². The number of aromatic nitrogens is 2. The maximum atomic E-state index is 12.5. The van der Waals surface area contributed by atoms with Gasteiger partial charge in [-0.2, -0.15) is 5.10 Å². The summed E-state index contributed by atoms with van der Waals surface area (Å²) < 4.78 is 6.14. The number of amides is 2. The van der Waals surface area contributed by atoms with Crippen molar-refractivity contribution in [3.05, 3.63) is 47.8 Å². The molecule has 0 saturated carbocycles. The van der Waals surface area contributed by atoms with Crippen LogP contribution in [0.4, 0.5) is 5.69 Å². The van der Waals surface area contributed by atoms with Crippen LogP contribution in [0.15, 0.2) is 36.7 Å². The smallest absolute Gasteiger partial charge is 0.307 e. The van der Waals surface area contributed by atoms with Crippen LogP contribution in [0.3, 0.4) is 0 Å². The zero-order chi connectivity index (χ0) is 19.8. The Morgan fingerprint density at radius 3 is 2.48 bits per heavy atom. The molecule has 2 amide bonds. The number of nitrogens with zero attached hydrogens (tertiary/aromatic N) is 2. The second kappa shape index (κ2) is 9.48. The molecule has 0 spiro atoms. The molecule has 0 radical (unpaired) electrons. The highest BCUT2D eigenvalue weighted by Gasteiger charge is 2.20. The minimum absolute atomic E-state index is 0.107. The molecule has 27 heavy (non-hydrogen) atoms. The second-order valence-electron chi connectivity index (χ2n) is 5.82. The van der Waals surface area contributed by atoms with E-state index in [1.807, 2.05) is 0 Å². The van der Waals surface area contributed by atoms with Crippen LogP contribution >= 0.6 is 0 Å². The Bertz CT molecular complexity index is 800. The quantitative estimate of drug-likeness (QED) is 0.584. The first-order chi connectivity index (χ1) is 12.9. The van der Waals surface area contributed by atoms with E-state index in [4.69, 9.17) is 0 Å². The monoisotopic (exact) mass is 373 g/mol. The maximum Gasteiger partial charge on any atom is 0.307 e. The van der Waals surface area contributed by atoms with Gasteiger partial charge in [0.05, 0.1) is 19.7 Å². The molecule has 1 aromatic heterocycles. The number of anilines is 1. The van der Waals surface area contributed by atoms with Gasteiger partial charge in [0.25, 0.3) is 5.91 Å². The number of esters is 1. The number of likely N-dealkylation sites (N-methyl/N-ethyl adjacent to an activating group) is 1. The number of nitrogens with one attached hydrogen (secondary N) is 3. The van der Waals surface area contributed by atoms with E-state index >= 15 is 0 Å². The van der Waals surface area contributed by atoms with Crippen molar-refractivity contribution in [2.24, 2.45) is 7.05 Å². The van der Waals surface area contributed by atoms with Gasteiger partial charge in [0.2, 0.25) is 5.91 Å². The van der Waals surface area contributed by atoms with Gasteiger partial charge >= 0.3 is 5.97 Å². The van der Waals surface area contributed by atoms with E-state index in [2.05, 4.69) is 25.8 Å². The highest BCUT2D eigenvalue weighted by atomic mass is 16.5. The fraction of sp³-hybridized carbons (Fsp3) is 0.333. The summed E-state index contributed by atoms with van der Waals surface area (Å²) in [6.07, 6.45) is 3.50. The molecule has 1 heterocycles. The number of hydrogen-bond acceptors (Lipinski definition) is 6. The summed E-state index contributed by atoms with van der Waals surface area (Å²) in [6, 6.07) is 5.94. The first-order valence-corrected chi connectivity index (χ1v) is 8.36. The summed E-state index contributed by atoms with van der Waals surface area (Å²) >= 11 is 0. The van der Waals surface area contributed by atoms with Gasteiger partial charge in [0.15, 0.2) is 0 Å². The Labute approximate surface area is 157 Å². The standard InChI is InChI=1S/C18H23N5O4/c1-19-16(13-10-21-23(2)11-13)18(26)22-14-6-4-12(5-7-14)17(25)20-9-8-15(24)27-3/h4-7,10-11,16,19H,8-9H2,1-3H3,(H,20,25)(H,22,26). The fourth-order valence-corrected chi connectivity index (χ4v) is 2.44. The van der Waals surface area contributed by atoms with Gasteiger partial charge < -0.3 is 20.7 Å². The normalized spacial score (nSPS) is 11.5. The van der Waals surface area contributed by atoms with Crippen LogP contribution in [0.1, 0.15) is 28.4 Å². The number of carbonyl (C=O) groups excluding carboxylic acids is 3. The molecule has 0 fully saturated rings. The first-order valence-electron chi connectivity index (χ1n) is 8.36. The van der Waals surface area contributed by atoms with Gasteiger partial charge in [-0.25, -0.2) is 0 Å². The van der Waals surface area contributed by atoms with Crippen LogP contribution < -0.4 is 16.0 Å². The van der Waals surface area contributed by atoms with Crippen LogP contribution in [0, 0.1) is 0 Å². The molecule has 1 atom stereocenters. The third kappa shape index (κ3) is 5.65. The molecule has 0 aliphatic heterocycles. The number of carbonyl (C=O) groups is 3. The third-order valence-corrected chi connectivity index (χ3v) is 3.87. The number of rotatable bonds is 8. The molecule has 144 valence electrons. The zero-order valence-electron chi connectivity index (χ0n) is 15.5. The van der Waals surface area contributed by atoms with E-state index in [1.165, 1.54) is 7.11 Å². The van der Waals surface area contributed by atoms with Gasteiger partial charge in [-0.1, -0.05) is 0 Å². The Kier molecular flexibility index (Phi) is 7.07. The van der Waals surface area contributed by atoms with Crippen LogP contribution in [0.2, 0.25) is 0 Å². The molecule has 2 aromatic rings. The summed E-state index contributed by atoms with van der Waals surface area (Å²) in [6.45, 7) is 0.193. The van der Waals surface area contributed by atoms with Gasteiger partial charge in [0.1, 0.15) is 6.04 Å². The van der Waals surface area contributed by atoms with Gasteiger partial charge in [-0.3, -0.25) is 19.1 Å². The second-order valence-corrected chi connectivity index (χ2v) is 5.82. The molecular formula is C18H23N5O4. The van der Waals surface area contributed by atoms with E-state index in [0.29, 0.717) is 11.3 Å². The van der Waals surface area contributed by atoms with Crippen molar-refractivity contribution in [1.82, 2.24) is 20.4 Å². The maximum absolute atomic E-state index is 12.5. The van der Waals surface area contributed by atoms with E-state index in [-0.39, 0.29) is 30.7 Å². The molecule has 3 N–H and O–H groups in total. The molecule has 0 bridgehead atoms. The average molecular weight is 373 g/mol. The minimum Gasteiger partial charge on any atom is -0.469 e. The van der Waals surface area contributed by atoms with E-state index in [0.717, 1.165) is 5.56 Å². The average Bonchev–Trinajstić information content (AvgIpc) is 3.08. The highest BCUT2D eigenvalue weighted by molar-refractivity contribution is 5.97. The fourth-order valence-electron chi connectivity index (χ4n) is 2.44. The molecule has 9 heteroatoms. The lowest BCUT2D eigenvalue weighted by Gasteiger charge is -2.14. The van der Waals surface area contributed by atoms with Gasteiger partial charge in [-0.15, -0.1) is 0 Å². The predicted octanol–water partition coefficient (Wildman–Crippen LogP) is 0.612. The molecule has 1 aromatic carbocycles. The van der Waals surface area contributed by atoms with Crippen LogP contribution in [-0.4, -0.2) is 48.3 Å². The Morgan fingerprint density at radius 1 is 1.22 bits per heavy atom. The van der Waals surface area contributed by atoms with Crippen molar-refractivity contribution in [1.29, 1.82) is 0 Å². The van der Waals surface area contributed by atoms with Crippen LogP contribution in [0.25, 0.3) is 0 Å². The first kappa shape index (κ1) is 20.1. The van der Waals surface area contributed by atoms with Crippen molar-refractivity contribution in [3.8, 4) is 0 Å². The Morgan fingerprint density at radius 2 is 1.93 bits per heavy atom. The number of ether oxygens (including phenoxy) is 1. The summed E-state index contributed by atoms with van der Waals surface area (Å²) in [5.74, 6) is -0.929. The molecular weight excluding hydrogens is 350 g/mol. The summed E-state index contributed by atoms with van der Waals surface area (Å²) in [5.41, 5.74) is 1.74. The van der Waals surface area contributed by atoms with Crippen molar-refractivity contribution in [2.75, 3.05) is 26.0 Å². The Hall–Kier alpha value is -3.20. The number of aryl methyl sites for hydroxylation is 1. The molecule has 9 nitrogen and oxygen atoms in total. The molecule has 1 unspecified atom stereocenters. The lowest BCUT2D eigenvalue weighted by Crippen LogP contribution is -2.30. The van der Waals surface area contributed by atoms with E-state index in [9.17, 15) is 14.4 Å². The molecule has 0 aliphatic rings. The van der Waals surface area contributed by atoms with Crippen molar-refractivity contribution >= 4 is 23.5 Å². The summed E-state index contributed by atoms with van der Waals surface area (Å²) in [7, 11) is 4.77. The van der Waals surface area contributed by atoms with E-state index < -0.39 is 6.04 Å². The van der Waals surface area contributed by atoms with Crippen molar-refractivity contribution < 1.29 is 19.1 Å². The third-order valence-electron chi connectivity index (χ3n) is 3.87. The Balaban J connectivity index is 1.93. The van der Waals surface area contributed by atoms with Gasteiger partial charge in [0, 0.05) is 36.6 Å². The van der Waals surface area contributed by atoms with Crippen LogP contribution in [0.5, 0.6) is 0 Å². The zero-order valence-corrected chi connectivity index (χ0v) is 15.5. The van der Waals surface area contributed by atoms with Crippen molar-refractivity contribution in [3.63, 3.8) is 0 Å². The summed E-state index contributed by atoms with van der Waals surface area (Å²) in [4.78, 5) is 35.5. The predicted molar refractivity (Wildman–Crippen MR) is 99.0 cm³/mol. The molecule has 2 rings (SSSR count). The van der Waals surface area contributed by atoms with E-state index in [1.54, 1.807) is 55.4 Å². The topological polar surface area (TPSA) is 114 Å².